The third-order valence-electron chi connectivity index (χ3n) is 3.72. The van der Waals surface area contributed by atoms with Gasteiger partial charge in [0.25, 0.3) is 0 Å². The van der Waals surface area contributed by atoms with E-state index in [0.717, 1.165) is 6.42 Å². The van der Waals surface area contributed by atoms with Crippen LogP contribution in [0, 0.1) is 24.7 Å². The highest BCUT2D eigenvalue weighted by Crippen LogP contribution is 2.38. The highest BCUT2D eigenvalue weighted by atomic mass is 16.4. The van der Waals surface area contributed by atoms with Crippen LogP contribution in [0.2, 0.25) is 0 Å². The van der Waals surface area contributed by atoms with E-state index in [1.54, 1.807) is 6.92 Å². The minimum Gasteiger partial charge on any atom is -0.481 e. The minimum atomic E-state index is -0.901. The molecule has 1 fully saturated rings. The Morgan fingerprint density at radius 1 is 1.42 bits per heavy atom. The van der Waals surface area contributed by atoms with Crippen LogP contribution in [0.1, 0.15) is 32.0 Å². The number of nitrogens with one attached hydrogen (secondary N) is 2. The van der Waals surface area contributed by atoms with Gasteiger partial charge in [-0.05, 0) is 25.7 Å². The summed E-state index contributed by atoms with van der Waals surface area (Å²) in [4.78, 5) is 27.3. The largest absolute Gasteiger partial charge is 0.481 e. The number of carbonyl (C=O) groups excluding carboxylic acids is 1. The molecule has 104 valence electrons. The smallest absolute Gasteiger partial charge is 0.307 e. The van der Waals surface area contributed by atoms with Gasteiger partial charge in [-0.15, -0.1) is 5.10 Å². The van der Waals surface area contributed by atoms with Gasteiger partial charge in [0, 0.05) is 0 Å². The van der Waals surface area contributed by atoms with Crippen molar-refractivity contribution in [2.45, 2.75) is 33.1 Å². The molecule has 7 nitrogen and oxygen atoms in total. The van der Waals surface area contributed by atoms with Crippen molar-refractivity contribution in [2.75, 3.05) is 5.32 Å². The van der Waals surface area contributed by atoms with Crippen molar-refractivity contribution in [3.05, 3.63) is 5.82 Å². The number of rotatable bonds is 4. The fraction of sp³-hybridized carbons (Fsp3) is 0.667. The van der Waals surface area contributed by atoms with Gasteiger partial charge in [-0.3, -0.25) is 20.0 Å². The number of aromatic amines is 1. The Morgan fingerprint density at radius 3 is 2.63 bits per heavy atom. The molecule has 0 saturated heterocycles. The Labute approximate surface area is 110 Å². The van der Waals surface area contributed by atoms with Gasteiger partial charge >= 0.3 is 5.97 Å². The van der Waals surface area contributed by atoms with Crippen LogP contribution in [-0.4, -0.2) is 32.2 Å². The normalized spacial score (nSPS) is 26.3. The third-order valence-corrected chi connectivity index (χ3v) is 3.72. The summed E-state index contributed by atoms with van der Waals surface area (Å²) in [6.07, 6.45) is 2.08. The van der Waals surface area contributed by atoms with Crippen molar-refractivity contribution in [3.8, 4) is 0 Å². The van der Waals surface area contributed by atoms with Gasteiger partial charge in [-0.1, -0.05) is 13.3 Å². The molecule has 1 saturated carbocycles. The summed E-state index contributed by atoms with van der Waals surface area (Å²) in [5.41, 5.74) is 0. The second kappa shape index (κ2) is 5.38. The van der Waals surface area contributed by atoms with Crippen LogP contribution in [0.25, 0.3) is 0 Å². The molecule has 1 aromatic rings. The van der Waals surface area contributed by atoms with Crippen molar-refractivity contribution in [3.63, 3.8) is 0 Å². The monoisotopic (exact) mass is 266 g/mol. The minimum absolute atomic E-state index is 0.201. The van der Waals surface area contributed by atoms with Gasteiger partial charge < -0.3 is 5.11 Å². The standard InChI is InChI=1S/C12H18N4O3/c1-3-7-4-8(9(5-7)11(18)19)10(17)14-12-13-6(2)15-16-12/h7-9H,3-5H2,1-2H3,(H,18,19)(H2,13,14,15,16,17)/t7?,8-,9+/m0/s1. The molecular formula is C12H18N4O3. The topological polar surface area (TPSA) is 108 Å². The van der Waals surface area contributed by atoms with E-state index in [4.69, 9.17) is 0 Å². The second-order valence-corrected chi connectivity index (χ2v) is 5.03. The number of aryl methyl sites for hydroxylation is 1. The van der Waals surface area contributed by atoms with Gasteiger partial charge in [-0.2, -0.15) is 4.98 Å². The molecule has 1 heterocycles. The SMILES string of the molecule is CCC1C[C@H](C(=O)Nc2n[nH]c(C)n2)[C@H](C(=O)O)C1. The Bertz CT molecular complexity index is 485. The van der Waals surface area contributed by atoms with Gasteiger partial charge in [0.2, 0.25) is 11.9 Å². The summed E-state index contributed by atoms with van der Waals surface area (Å²) in [6, 6.07) is 0. The summed E-state index contributed by atoms with van der Waals surface area (Å²) >= 11 is 0. The molecule has 3 atom stereocenters. The van der Waals surface area contributed by atoms with Gasteiger partial charge in [-0.25, -0.2) is 0 Å². The third kappa shape index (κ3) is 2.91. The second-order valence-electron chi connectivity index (χ2n) is 5.03. The lowest BCUT2D eigenvalue weighted by Crippen LogP contribution is -2.30. The van der Waals surface area contributed by atoms with Gasteiger partial charge in [0.1, 0.15) is 5.82 Å². The van der Waals surface area contributed by atoms with E-state index in [9.17, 15) is 14.7 Å². The zero-order valence-corrected chi connectivity index (χ0v) is 11.0. The molecule has 1 aliphatic rings. The highest BCUT2D eigenvalue weighted by molar-refractivity contribution is 5.94. The molecule has 0 radical (unpaired) electrons. The molecule has 19 heavy (non-hydrogen) atoms. The number of amides is 1. The maximum atomic E-state index is 12.1. The fourth-order valence-corrected chi connectivity index (χ4v) is 2.64. The number of carboxylic acid groups (broad SMARTS) is 1. The molecule has 1 amide bonds. The summed E-state index contributed by atoms with van der Waals surface area (Å²) < 4.78 is 0. The van der Waals surface area contributed by atoms with E-state index in [1.807, 2.05) is 6.92 Å². The van der Waals surface area contributed by atoms with E-state index in [2.05, 4.69) is 20.5 Å². The van der Waals surface area contributed by atoms with E-state index >= 15 is 0 Å². The van der Waals surface area contributed by atoms with Crippen LogP contribution >= 0.6 is 0 Å². The van der Waals surface area contributed by atoms with Gasteiger partial charge in [0.05, 0.1) is 11.8 Å². The van der Waals surface area contributed by atoms with E-state index < -0.39 is 17.8 Å². The fourth-order valence-electron chi connectivity index (χ4n) is 2.64. The molecule has 0 aliphatic heterocycles. The summed E-state index contributed by atoms with van der Waals surface area (Å²) in [5.74, 6) is -1.21. The Hall–Kier alpha value is -1.92. The molecule has 1 aromatic heterocycles. The molecule has 1 aliphatic carbocycles. The van der Waals surface area contributed by atoms with Crippen molar-refractivity contribution in [1.82, 2.24) is 15.2 Å². The van der Waals surface area contributed by atoms with E-state index in [1.165, 1.54) is 0 Å². The van der Waals surface area contributed by atoms with Crippen molar-refractivity contribution in [2.24, 2.45) is 17.8 Å². The number of H-pyrrole nitrogens is 1. The van der Waals surface area contributed by atoms with Crippen molar-refractivity contribution >= 4 is 17.8 Å². The zero-order chi connectivity index (χ0) is 14.0. The van der Waals surface area contributed by atoms with Crippen LogP contribution in [0.3, 0.4) is 0 Å². The molecular weight excluding hydrogens is 248 g/mol. The first-order valence-electron chi connectivity index (χ1n) is 6.44. The lowest BCUT2D eigenvalue weighted by Gasteiger charge is -2.13. The van der Waals surface area contributed by atoms with E-state index in [-0.39, 0.29) is 11.9 Å². The molecule has 0 spiro atoms. The first-order chi connectivity index (χ1) is 9.01. The average molecular weight is 266 g/mol. The lowest BCUT2D eigenvalue weighted by atomic mass is 9.95. The van der Waals surface area contributed by atoms with Crippen LogP contribution in [-0.2, 0) is 9.59 Å². The Kier molecular flexibility index (Phi) is 3.82. The summed E-state index contributed by atoms with van der Waals surface area (Å²) in [7, 11) is 0. The first kappa shape index (κ1) is 13.5. The average Bonchev–Trinajstić information content (AvgIpc) is 2.95. The Morgan fingerprint density at radius 2 is 2.11 bits per heavy atom. The number of aliphatic carboxylic acids is 1. The number of carboxylic acids is 1. The Balaban J connectivity index is 2.06. The number of anilines is 1. The molecule has 0 bridgehead atoms. The highest BCUT2D eigenvalue weighted by Gasteiger charge is 2.42. The van der Waals surface area contributed by atoms with Crippen molar-refractivity contribution in [1.29, 1.82) is 0 Å². The molecule has 3 N–H and O–H groups in total. The number of aromatic nitrogens is 3. The van der Waals surface area contributed by atoms with Crippen LogP contribution in [0.15, 0.2) is 0 Å². The lowest BCUT2D eigenvalue weighted by molar-refractivity contribution is -0.145. The maximum Gasteiger partial charge on any atom is 0.307 e. The molecule has 2 rings (SSSR count). The maximum absolute atomic E-state index is 12.1. The molecule has 0 aromatic carbocycles. The summed E-state index contributed by atoms with van der Waals surface area (Å²) in [5, 5.41) is 18.2. The van der Waals surface area contributed by atoms with E-state index in [0.29, 0.717) is 24.6 Å². The predicted octanol–water partition coefficient (Wildman–Crippen LogP) is 1.19. The number of nitrogens with zero attached hydrogens (tertiary/aromatic N) is 2. The number of carbonyl (C=O) groups is 2. The number of hydrogen-bond donors (Lipinski definition) is 3. The van der Waals surface area contributed by atoms with Crippen LogP contribution in [0.5, 0.6) is 0 Å². The zero-order valence-electron chi connectivity index (χ0n) is 11.0. The van der Waals surface area contributed by atoms with Crippen LogP contribution in [0.4, 0.5) is 5.95 Å². The molecule has 1 unspecified atom stereocenters. The van der Waals surface area contributed by atoms with Gasteiger partial charge in [0.15, 0.2) is 0 Å². The first-order valence-corrected chi connectivity index (χ1v) is 6.44. The quantitative estimate of drug-likeness (QED) is 0.758. The number of hydrogen-bond acceptors (Lipinski definition) is 4. The summed E-state index contributed by atoms with van der Waals surface area (Å²) in [6.45, 7) is 3.74. The predicted molar refractivity (Wildman–Crippen MR) is 67.4 cm³/mol. The van der Waals surface area contributed by atoms with Crippen molar-refractivity contribution < 1.29 is 14.7 Å². The van der Waals surface area contributed by atoms with Crippen LogP contribution < -0.4 is 5.32 Å². The molecule has 7 heteroatoms.